The Hall–Kier alpha value is -0.960. The molecule has 3 nitrogen and oxygen atoms in total. The maximum absolute atomic E-state index is 9.08. The molecule has 0 saturated heterocycles. The Morgan fingerprint density at radius 3 is 2.80 bits per heavy atom. The van der Waals surface area contributed by atoms with Gasteiger partial charge >= 0.3 is 0 Å². The summed E-state index contributed by atoms with van der Waals surface area (Å²) in [5, 5.41) is 9.13. The monoisotopic (exact) mass is 158 g/mol. The molecule has 4 heteroatoms. The van der Waals surface area contributed by atoms with E-state index < -0.39 is 0 Å². The summed E-state index contributed by atoms with van der Waals surface area (Å²) < 4.78 is 0. The highest BCUT2D eigenvalue weighted by atomic mass is 35.5. The summed E-state index contributed by atoms with van der Waals surface area (Å²) in [5.41, 5.74) is 5.96. The molecule has 3 N–H and O–H groups in total. The Labute approximate surface area is 63.5 Å². The van der Waals surface area contributed by atoms with Crippen molar-refractivity contribution < 1.29 is 5.11 Å². The third kappa shape index (κ3) is 1.14. The number of aromatic hydroxyl groups is 1. The van der Waals surface area contributed by atoms with E-state index in [1.807, 2.05) is 0 Å². The van der Waals surface area contributed by atoms with Crippen LogP contribution in [0.3, 0.4) is 0 Å². The van der Waals surface area contributed by atoms with E-state index in [0.29, 0.717) is 11.4 Å². The van der Waals surface area contributed by atoms with Crippen LogP contribution in [0.1, 0.15) is 5.56 Å². The van der Waals surface area contributed by atoms with Gasteiger partial charge in [-0.2, -0.15) is 0 Å². The zero-order chi connectivity index (χ0) is 7.72. The minimum Gasteiger partial charge on any atom is -0.504 e. The number of hydrogen-bond donors (Lipinski definition) is 2. The molecule has 0 spiro atoms. The van der Waals surface area contributed by atoms with Crippen LogP contribution in [0.5, 0.6) is 5.75 Å². The highest BCUT2D eigenvalue weighted by Crippen LogP contribution is 2.25. The topological polar surface area (TPSA) is 59.1 Å². The summed E-state index contributed by atoms with van der Waals surface area (Å²) in [7, 11) is 0. The van der Waals surface area contributed by atoms with Gasteiger partial charge in [0, 0.05) is 0 Å². The van der Waals surface area contributed by atoms with Gasteiger partial charge in [0.1, 0.15) is 5.82 Å². The van der Waals surface area contributed by atoms with E-state index in [2.05, 4.69) is 4.98 Å². The molecule has 0 atom stereocenters. The molecule has 10 heavy (non-hydrogen) atoms. The van der Waals surface area contributed by atoms with Crippen molar-refractivity contribution in [2.45, 2.75) is 6.92 Å². The van der Waals surface area contributed by atoms with Gasteiger partial charge < -0.3 is 10.8 Å². The minimum absolute atomic E-state index is 0.00383. The van der Waals surface area contributed by atoms with Gasteiger partial charge in [-0.25, -0.2) is 4.98 Å². The van der Waals surface area contributed by atoms with Gasteiger partial charge in [0.05, 0.1) is 0 Å². The van der Waals surface area contributed by atoms with Crippen LogP contribution in [-0.4, -0.2) is 10.1 Å². The molecular weight excluding hydrogens is 152 g/mol. The summed E-state index contributed by atoms with van der Waals surface area (Å²) in [6, 6.07) is 1.56. The van der Waals surface area contributed by atoms with Crippen molar-refractivity contribution in [1.82, 2.24) is 4.98 Å². The molecule has 0 unspecified atom stereocenters. The van der Waals surface area contributed by atoms with Crippen molar-refractivity contribution in [3.8, 4) is 5.75 Å². The molecule has 0 aliphatic heterocycles. The molecule has 0 aliphatic rings. The van der Waals surface area contributed by atoms with Crippen molar-refractivity contribution in [2.24, 2.45) is 0 Å². The summed E-state index contributed by atoms with van der Waals surface area (Å²) in [6.45, 7) is 1.71. The van der Waals surface area contributed by atoms with E-state index in [0.717, 1.165) is 0 Å². The zero-order valence-electron chi connectivity index (χ0n) is 5.43. The fraction of sp³-hybridized carbons (Fsp3) is 0.167. The molecule has 0 saturated carbocycles. The van der Waals surface area contributed by atoms with Gasteiger partial charge in [0.2, 0.25) is 0 Å². The number of nitrogens with zero attached hydrogens (tertiary/aromatic N) is 1. The number of anilines is 1. The number of pyridine rings is 1. The quantitative estimate of drug-likeness (QED) is 0.560. The van der Waals surface area contributed by atoms with Crippen LogP contribution in [-0.2, 0) is 0 Å². The van der Waals surface area contributed by atoms with Gasteiger partial charge in [-0.1, -0.05) is 11.6 Å². The summed E-state index contributed by atoms with van der Waals surface area (Å²) in [4.78, 5) is 3.63. The first kappa shape index (κ1) is 7.15. The summed E-state index contributed by atoms with van der Waals surface area (Å²) in [6.07, 6.45) is 0. The van der Waals surface area contributed by atoms with Crippen LogP contribution >= 0.6 is 11.6 Å². The fourth-order valence-electron chi connectivity index (χ4n) is 0.651. The molecule has 54 valence electrons. The number of aryl methyl sites for hydroxylation is 1. The molecule has 0 aliphatic carbocycles. The highest BCUT2D eigenvalue weighted by Gasteiger charge is 2.03. The standard InChI is InChI=1S/C6H7ClN2O/c1-3-2-4(8)9-6(7)5(3)10/h2,10H,1H3,(H2,8,9). The third-order valence-electron chi connectivity index (χ3n) is 1.16. The van der Waals surface area contributed by atoms with Crippen LogP contribution in [0.25, 0.3) is 0 Å². The predicted molar refractivity (Wildman–Crippen MR) is 40.1 cm³/mol. The molecule has 1 heterocycles. The molecule has 1 aromatic heterocycles. The first-order valence-corrected chi connectivity index (χ1v) is 3.10. The Kier molecular flexibility index (Phi) is 1.68. The van der Waals surface area contributed by atoms with Crippen LogP contribution in [0.2, 0.25) is 5.15 Å². The number of nitrogens with two attached hydrogens (primary N) is 1. The van der Waals surface area contributed by atoms with Crippen molar-refractivity contribution in [1.29, 1.82) is 0 Å². The van der Waals surface area contributed by atoms with E-state index in [1.54, 1.807) is 13.0 Å². The lowest BCUT2D eigenvalue weighted by Crippen LogP contribution is -1.91. The Morgan fingerprint density at radius 1 is 1.70 bits per heavy atom. The highest BCUT2D eigenvalue weighted by molar-refractivity contribution is 6.31. The average Bonchev–Trinajstić information content (AvgIpc) is 1.82. The van der Waals surface area contributed by atoms with E-state index in [4.69, 9.17) is 22.4 Å². The SMILES string of the molecule is Cc1cc(N)nc(Cl)c1O. The summed E-state index contributed by atoms with van der Waals surface area (Å²) >= 11 is 5.48. The lowest BCUT2D eigenvalue weighted by atomic mass is 10.3. The second-order valence-corrected chi connectivity index (χ2v) is 2.36. The number of hydrogen-bond acceptors (Lipinski definition) is 3. The summed E-state index contributed by atoms with van der Waals surface area (Å²) in [5.74, 6) is 0.316. The fourth-order valence-corrected chi connectivity index (χ4v) is 0.898. The molecule has 0 fully saturated rings. The first-order chi connectivity index (χ1) is 4.61. The van der Waals surface area contributed by atoms with E-state index >= 15 is 0 Å². The molecule has 1 aromatic rings. The van der Waals surface area contributed by atoms with E-state index in [9.17, 15) is 0 Å². The van der Waals surface area contributed by atoms with Crippen LogP contribution in [0.4, 0.5) is 5.82 Å². The molecular formula is C6H7ClN2O. The normalized spacial score (nSPS) is 9.80. The van der Waals surface area contributed by atoms with Gasteiger partial charge in [-0.3, -0.25) is 0 Å². The van der Waals surface area contributed by atoms with Crippen molar-refractivity contribution in [3.63, 3.8) is 0 Å². The van der Waals surface area contributed by atoms with Gasteiger partial charge in [0.15, 0.2) is 10.9 Å². The Bertz CT molecular complexity index is 239. The van der Waals surface area contributed by atoms with Crippen LogP contribution in [0, 0.1) is 6.92 Å². The Morgan fingerprint density at radius 2 is 2.30 bits per heavy atom. The molecule has 0 bridgehead atoms. The molecule has 0 radical (unpaired) electrons. The maximum Gasteiger partial charge on any atom is 0.173 e. The maximum atomic E-state index is 9.08. The van der Waals surface area contributed by atoms with E-state index in [1.165, 1.54) is 0 Å². The van der Waals surface area contributed by atoms with E-state index in [-0.39, 0.29) is 10.9 Å². The van der Waals surface area contributed by atoms with Gasteiger partial charge in [-0.15, -0.1) is 0 Å². The number of rotatable bonds is 0. The van der Waals surface area contributed by atoms with Crippen molar-refractivity contribution in [3.05, 3.63) is 16.8 Å². The lowest BCUT2D eigenvalue weighted by molar-refractivity contribution is 0.469. The zero-order valence-corrected chi connectivity index (χ0v) is 6.18. The smallest absolute Gasteiger partial charge is 0.173 e. The molecule has 0 amide bonds. The first-order valence-electron chi connectivity index (χ1n) is 2.73. The second kappa shape index (κ2) is 2.34. The van der Waals surface area contributed by atoms with Crippen molar-refractivity contribution >= 4 is 17.4 Å². The number of aromatic nitrogens is 1. The number of halogens is 1. The molecule has 0 aromatic carbocycles. The van der Waals surface area contributed by atoms with Gasteiger partial charge in [0.25, 0.3) is 0 Å². The minimum atomic E-state index is -0.00383. The van der Waals surface area contributed by atoms with Crippen LogP contribution in [0.15, 0.2) is 6.07 Å². The van der Waals surface area contributed by atoms with Gasteiger partial charge in [-0.05, 0) is 18.6 Å². The van der Waals surface area contributed by atoms with Crippen molar-refractivity contribution in [2.75, 3.05) is 5.73 Å². The predicted octanol–water partition coefficient (Wildman–Crippen LogP) is 1.33. The second-order valence-electron chi connectivity index (χ2n) is 2.00. The number of nitrogen functional groups attached to an aromatic ring is 1. The average molecular weight is 159 g/mol. The largest absolute Gasteiger partial charge is 0.504 e. The molecule has 1 rings (SSSR count). The van der Waals surface area contributed by atoms with Crippen LogP contribution < -0.4 is 5.73 Å². The third-order valence-corrected chi connectivity index (χ3v) is 1.42. The Balaban J connectivity index is 3.31. The lowest BCUT2D eigenvalue weighted by Gasteiger charge is -2.00.